The SMILES string of the molecule is CCc1ccc(CCNC(=O)NC(C)CC(O)c2ccco2)cc1. The normalized spacial score (nSPS) is 13.3. The molecule has 0 aliphatic heterocycles. The van der Waals surface area contributed by atoms with E-state index in [9.17, 15) is 9.90 Å². The van der Waals surface area contributed by atoms with Crippen LogP contribution < -0.4 is 10.6 Å². The lowest BCUT2D eigenvalue weighted by molar-refractivity contribution is 0.129. The molecule has 2 unspecified atom stereocenters. The number of nitrogens with one attached hydrogen (secondary N) is 2. The Kier molecular flexibility index (Phi) is 6.88. The Balaban J connectivity index is 1.66. The van der Waals surface area contributed by atoms with Gasteiger partial charge in [-0.3, -0.25) is 0 Å². The molecule has 1 aromatic heterocycles. The number of aliphatic hydroxyl groups is 1. The van der Waals surface area contributed by atoms with Gasteiger partial charge in [-0.2, -0.15) is 0 Å². The summed E-state index contributed by atoms with van der Waals surface area (Å²) in [6.45, 7) is 4.56. The summed E-state index contributed by atoms with van der Waals surface area (Å²) in [5.74, 6) is 0.514. The predicted octanol–water partition coefficient (Wildman–Crippen LogP) is 3.20. The van der Waals surface area contributed by atoms with Gasteiger partial charge in [-0.15, -0.1) is 0 Å². The van der Waals surface area contributed by atoms with Crippen LogP contribution >= 0.6 is 0 Å². The lowest BCUT2D eigenvalue weighted by Gasteiger charge is -2.17. The second-order valence-electron chi connectivity index (χ2n) is 5.99. The van der Waals surface area contributed by atoms with Crippen LogP contribution in [0.25, 0.3) is 0 Å². The molecule has 5 heteroatoms. The van der Waals surface area contributed by atoms with Gasteiger partial charge >= 0.3 is 6.03 Å². The van der Waals surface area contributed by atoms with Crippen LogP contribution in [0.15, 0.2) is 47.1 Å². The average molecular weight is 330 g/mol. The first kappa shape index (κ1) is 18.1. The van der Waals surface area contributed by atoms with Crippen molar-refractivity contribution in [2.75, 3.05) is 6.54 Å². The summed E-state index contributed by atoms with van der Waals surface area (Å²) in [4.78, 5) is 11.9. The third-order valence-corrected chi connectivity index (χ3v) is 3.96. The molecular weight excluding hydrogens is 304 g/mol. The van der Waals surface area contributed by atoms with Gasteiger partial charge in [0.2, 0.25) is 0 Å². The molecule has 0 aliphatic rings. The maximum absolute atomic E-state index is 11.9. The van der Waals surface area contributed by atoms with Crippen LogP contribution in [-0.2, 0) is 12.8 Å². The minimum Gasteiger partial charge on any atom is -0.467 e. The number of benzene rings is 1. The van der Waals surface area contributed by atoms with Gasteiger partial charge in [0.1, 0.15) is 11.9 Å². The third kappa shape index (κ3) is 5.74. The van der Waals surface area contributed by atoms with Crippen LogP contribution in [0.5, 0.6) is 0 Å². The van der Waals surface area contributed by atoms with Crippen molar-refractivity contribution in [2.24, 2.45) is 0 Å². The van der Waals surface area contributed by atoms with Gasteiger partial charge in [0.25, 0.3) is 0 Å². The van der Waals surface area contributed by atoms with E-state index in [0.29, 0.717) is 18.7 Å². The van der Waals surface area contributed by atoms with Gasteiger partial charge in [0.15, 0.2) is 0 Å². The fourth-order valence-corrected chi connectivity index (χ4v) is 2.53. The highest BCUT2D eigenvalue weighted by Crippen LogP contribution is 2.18. The Bertz CT molecular complexity index is 608. The second-order valence-corrected chi connectivity index (χ2v) is 5.99. The Morgan fingerprint density at radius 2 is 1.92 bits per heavy atom. The van der Waals surface area contributed by atoms with E-state index in [2.05, 4.69) is 41.8 Å². The van der Waals surface area contributed by atoms with Crippen LogP contribution in [-0.4, -0.2) is 23.7 Å². The largest absolute Gasteiger partial charge is 0.467 e. The lowest BCUT2D eigenvalue weighted by Crippen LogP contribution is -2.42. The van der Waals surface area contributed by atoms with E-state index >= 15 is 0 Å². The van der Waals surface area contributed by atoms with Crippen molar-refractivity contribution >= 4 is 6.03 Å². The quantitative estimate of drug-likeness (QED) is 0.696. The zero-order valence-corrected chi connectivity index (χ0v) is 14.3. The van der Waals surface area contributed by atoms with E-state index in [1.54, 1.807) is 12.1 Å². The van der Waals surface area contributed by atoms with Crippen molar-refractivity contribution in [3.63, 3.8) is 0 Å². The predicted molar refractivity (Wildman–Crippen MR) is 93.8 cm³/mol. The number of hydrogen-bond acceptors (Lipinski definition) is 3. The fraction of sp³-hybridized carbons (Fsp3) is 0.421. The van der Waals surface area contributed by atoms with Crippen molar-refractivity contribution in [1.82, 2.24) is 10.6 Å². The number of urea groups is 1. The van der Waals surface area contributed by atoms with E-state index in [1.807, 2.05) is 6.92 Å². The second kappa shape index (κ2) is 9.13. The summed E-state index contributed by atoms with van der Waals surface area (Å²) in [6, 6.07) is 11.5. The molecule has 2 amide bonds. The molecule has 2 rings (SSSR count). The summed E-state index contributed by atoms with van der Waals surface area (Å²) >= 11 is 0. The third-order valence-electron chi connectivity index (χ3n) is 3.96. The van der Waals surface area contributed by atoms with E-state index in [-0.39, 0.29) is 12.1 Å². The molecule has 130 valence electrons. The number of carbonyl (C=O) groups is 1. The molecule has 0 saturated heterocycles. The first-order valence-corrected chi connectivity index (χ1v) is 8.42. The number of carbonyl (C=O) groups excluding carboxylic acids is 1. The molecule has 5 nitrogen and oxygen atoms in total. The molecule has 24 heavy (non-hydrogen) atoms. The van der Waals surface area contributed by atoms with E-state index < -0.39 is 6.10 Å². The Morgan fingerprint density at radius 1 is 1.21 bits per heavy atom. The Labute approximate surface area is 143 Å². The highest BCUT2D eigenvalue weighted by molar-refractivity contribution is 5.74. The molecule has 0 saturated carbocycles. The number of rotatable bonds is 8. The van der Waals surface area contributed by atoms with Gasteiger partial charge < -0.3 is 20.2 Å². The molecule has 1 aromatic carbocycles. The first-order valence-electron chi connectivity index (χ1n) is 8.42. The highest BCUT2D eigenvalue weighted by atomic mass is 16.4. The first-order chi connectivity index (χ1) is 11.6. The summed E-state index contributed by atoms with van der Waals surface area (Å²) in [5, 5.41) is 15.7. The molecule has 2 atom stereocenters. The number of amides is 2. The minimum absolute atomic E-state index is 0.158. The van der Waals surface area contributed by atoms with E-state index in [0.717, 1.165) is 12.8 Å². The smallest absolute Gasteiger partial charge is 0.315 e. The maximum Gasteiger partial charge on any atom is 0.315 e. The molecule has 0 aliphatic carbocycles. The number of furan rings is 1. The van der Waals surface area contributed by atoms with Crippen molar-refractivity contribution in [3.05, 3.63) is 59.5 Å². The van der Waals surface area contributed by atoms with Crippen LogP contribution in [0.2, 0.25) is 0 Å². The molecule has 0 radical (unpaired) electrons. The van der Waals surface area contributed by atoms with Gasteiger partial charge in [-0.25, -0.2) is 4.79 Å². The van der Waals surface area contributed by atoms with Crippen molar-refractivity contribution in [2.45, 2.75) is 45.3 Å². The van der Waals surface area contributed by atoms with Crippen LogP contribution in [0, 0.1) is 0 Å². The highest BCUT2D eigenvalue weighted by Gasteiger charge is 2.16. The van der Waals surface area contributed by atoms with Crippen molar-refractivity contribution in [1.29, 1.82) is 0 Å². The molecule has 3 N–H and O–H groups in total. The van der Waals surface area contributed by atoms with Gasteiger partial charge in [-0.05, 0) is 43.0 Å². The molecule has 0 spiro atoms. The molecule has 0 bridgehead atoms. The van der Waals surface area contributed by atoms with Gasteiger partial charge in [-0.1, -0.05) is 31.2 Å². The van der Waals surface area contributed by atoms with E-state index in [1.165, 1.54) is 17.4 Å². The molecular formula is C19H26N2O3. The Morgan fingerprint density at radius 3 is 2.54 bits per heavy atom. The topological polar surface area (TPSA) is 74.5 Å². The van der Waals surface area contributed by atoms with E-state index in [4.69, 9.17) is 4.42 Å². The lowest BCUT2D eigenvalue weighted by atomic mass is 10.1. The van der Waals surface area contributed by atoms with Gasteiger partial charge in [0, 0.05) is 19.0 Å². The zero-order chi connectivity index (χ0) is 17.4. The molecule has 0 fully saturated rings. The number of aliphatic hydroxyl groups excluding tert-OH is 1. The summed E-state index contributed by atoms with van der Waals surface area (Å²) in [7, 11) is 0. The van der Waals surface area contributed by atoms with Crippen LogP contribution in [0.4, 0.5) is 4.79 Å². The number of aryl methyl sites for hydroxylation is 1. The summed E-state index contributed by atoms with van der Waals surface area (Å²) in [5.41, 5.74) is 2.52. The molecule has 2 aromatic rings. The summed E-state index contributed by atoms with van der Waals surface area (Å²) in [6.07, 6.45) is 3.03. The van der Waals surface area contributed by atoms with Crippen molar-refractivity contribution in [3.8, 4) is 0 Å². The van der Waals surface area contributed by atoms with Crippen LogP contribution in [0.1, 0.15) is 43.3 Å². The average Bonchev–Trinajstić information content (AvgIpc) is 3.10. The monoisotopic (exact) mass is 330 g/mol. The number of hydrogen-bond donors (Lipinski definition) is 3. The fourth-order valence-electron chi connectivity index (χ4n) is 2.53. The standard InChI is InChI=1S/C19H26N2O3/c1-3-15-6-8-16(9-7-15)10-11-20-19(23)21-14(2)13-17(22)18-5-4-12-24-18/h4-9,12,14,17,22H,3,10-11,13H2,1-2H3,(H2,20,21,23). The van der Waals surface area contributed by atoms with Gasteiger partial charge in [0.05, 0.1) is 6.26 Å². The molecule has 1 heterocycles. The Hall–Kier alpha value is -2.27. The summed E-state index contributed by atoms with van der Waals surface area (Å²) < 4.78 is 5.15. The van der Waals surface area contributed by atoms with Crippen molar-refractivity contribution < 1.29 is 14.3 Å². The minimum atomic E-state index is -0.715. The van der Waals surface area contributed by atoms with Crippen LogP contribution in [0.3, 0.4) is 0 Å². The maximum atomic E-state index is 11.9. The zero-order valence-electron chi connectivity index (χ0n) is 14.3.